The van der Waals surface area contributed by atoms with E-state index in [0.29, 0.717) is 5.69 Å². The number of rotatable bonds is 2. The monoisotopic (exact) mass is 207 g/mol. The molecular formula is C10H13N3O2. The molecule has 80 valence electrons. The molecule has 0 bridgehead atoms. The molecule has 1 amide bonds. The predicted molar refractivity (Wildman–Crippen MR) is 55.8 cm³/mol. The second-order valence-corrected chi connectivity index (χ2v) is 3.59. The van der Waals surface area contributed by atoms with Gasteiger partial charge in [-0.3, -0.25) is 9.59 Å². The summed E-state index contributed by atoms with van der Waals surface area (Å²) in [5.74, 6) is -0.221. The molecule has 5 nitrogen and oxygen atoms in total. The first-order valence-corrected chi connectivity index (χ1v) is 4.96. The van der Waals surface area contributed by atoms with Gasteiger partial charge in [0.2, 0.25) is 5.56 Å². The number of hydrogen-bond donors (Lipinski definition) is 3. The number of nitrogens with one attached hydrogen (secondary N) is 3. The van der Waals surface area contributed by atoms with Crippen LogP contribution < -0.4 is 16.2 Å². The van der Waals surface area contributed by atoms with Gasteiger partial charge in [0.15, 0.2) is 0 Å². The smallest absolute Gasteiger partial charge is 0.268 e. The highest BCUT2D eigenvalue weighted by molar-refractivity contribution is 5.92. The molecule has 2 heterocycles. The van der Waals surface area contributed by atoms with Crippen LogP contribution in [-0.2, 0) is 0 Å². The van der Waals surface area contributed by atoms with E-state index in [0.717, 1.165) is 19.5 Å². The van der Waals surface area contributed by atoms with Gasteiger partial charge in [0.05, 0.1) is 0 Å². The molecule has 0 aliphatic carbocycles. The standard InChI is InChI=1S/C10H13N3O2/c14-9-3-1-2-8(13-9)10(15)12-7-4-5-11-6-7/h1-3,7,11H,4-6H2,(H,12,15)(H,13,14)/t7-/m1/s1. The maximum absolute atomic E-state index is 11.6. The fourth-order valence-electron chi connectivity index (χ4n) is 1.62. The molecule has 1 aromatic heterocycles. The predicted octanol–water partition coefficient (Wildman–Crippen LogP) is -0.533. The number of aromatic nitrogens is 1. The molecule has 1 aliphatic rings. The summed E-state index contributed by atoms with van der Waals surface area (Å²) in [4.78, 5) is 25.1. The van der Waals surface area contributed by atoms with Gasteiger partial charge >= 0.3 is 0 Å². The summed E-state index contributed by atoms with van der Waals surface area (Å²) in [6.45, 7) is 1.72. The quantitative estimate of drug-likeness (QED) is 0.610. The van der Waals surface area contributed by atoms with Gasteiger partial charge in [-0.2, -0.15) is 0 Å². The average molecular weight is 207 g/mol. The van der Waals surface area contributed by atoms with Gasteiger partial charge in [-0.1, -0.05) is 6.07 Å². The van der Waals surface area contributed by atoms with Gasteiger partial charge in [0.1, 0.15) is 5.69 Å². The van der Waals surface area contributed by atoms with Crippen molar-refractivity contribution < 1.29 is 4.79 Å². The Hall–Kier alpha value is -1.62. The molecule has 1 saturated heterocycles. The van der Waals surface area contributed by atoms with Crippen molar-refractivity contribution >= 4 is 5.91 Å². The molecule has 15 heavy (non-hydrogen) atoms. The van der Waals surface area contributed by atoms with Crippen molar-refractivity contribution in [2.75, 3.05) is 13.1 Å². The van der Waals surface area contributed by atoms with Gasteiger partial charge in [-0.15, -0.1) is 0 Å². The first kappa shape index (κ1) is 9.92. The fraction of sp³-hybridized carbons (Fsp3) is 0.400. The highest BCUT2D eigenvalue weighted by Gasteiger charge is 2.17. The second-order valence-electron chi connectivity index (χ2n) is 3.59. The average Bonchev–Trinajstić information content (AvgIpc) is 2.70. The Bertz CT molecular complexity index is 407. The highest BCUT2D eigenvalue weighted by Crippen LogP contribution is 1.99. The van der Waals surface area contributed by atoms with Crippen LogP contribution in [-0.4, -0.2) is 30.0 Å². The van der Waals surface area contributed by atoms with Crippen molar-refractivity contribution in [2.24, 2.45) is 0 Å². The van der Waals surface area contributed by atoms with Gasteiger partial charge < -0.3 is 15.6 Å². The van der Waals surface area contributed by atoms with Crippen molar-refractivity contribution in [3.63, 3.8) is 0 Å². The third-order valence-corrected chi connectivity index (χ3v) is 2.41. The molecule has 2 rings (SSSR count). The minimum Gasteiger partial charge on any atom is -0.347 e. The molecule has 1 fully saturated rings. The summed E-state index contributed by atoms with van der Waals surface area (Å²) in [5, 5.41) is 6.00. The maximum atomic E-state index is 11.6. The van der Waals surface area contributed by atoms with Crippen LogP contribution >= 0.6 is 0 Å². The van der Waals surface area contributed by atoms with E-state index in [-0.39, 0.29) is 17.5 Å². The molecule has 5 heteroatoms. The summed E-state index contributed by atoms with van der Waals surface area (Å²) >= 11 is 0. The Balaban J connectivity index is 2.04. The Morgan fingerprint density at radius 2 is 2.33 bits per heavy atom. The maximum Gasteiger partial charge on any atom is 0.268 e. The van der Waals surface area contributed by atoms with Crippen LogP contribution in [0, 0.1) is 0 Å². The van der Waals surface area contributed by atoms with Gasteiger partial charge in [-0.25, -0.2) is 0 Å². The molecule has 1 aromatic rings. The van der Waals surface area contributed by atoms with Crippen molar-refractivity contribution in [3.8, 4) is 0 Å². The minimum atomic E-state index is -0.257. The molecule has 0 radical (unpaired) electrons. The lowest BCUT2D eigenvalue weighted by molar-refractivity contribution is 0.0935. The van der Waals surface area contributed by atoms with Gasteiger partial charge in [0.25, 0.3) is 5.91 Å². The van der Waals surface area contributed by atoms with Crippen LogP contribution in [0.4, 0.5) is 0 Å². The molecule has 1 aliphatic heterocycles. The molecule has 3 N–H and O–H groups in total. The summed E-state index contributed by atoms with van der Waals surface area (Å²) in [6, 6.07) is 4.72. The largest absolute Gasteiger partial charge is 0.347 e. The Kier molecular flexibility index (Phi) is 2.82. The van der Waals surface area contributed by atoms with Crippen molar-refractivity contribution in [1.82, 2.24) is 15.6 Å². The first-order chi connectivity index (χ1) is 7.25. The van der Waals surface area contributed by atoms with E-state index in [4.69, 9.17) is 0 Å². The first-order valence-electron chi connectivity index (χ1n) is 4.96. The van der Waals surface area contributed by atoms with E-state index in [1.165, 1.54) is 6.07 Å². The van der Waals surface area contributed by atoms with Crippen LogP contribution in [0.2, 0.25) is 0 Å². The second kappa shape index (κ2) is 4.27. The van der Waals surface area contributed by atoms with Gasteiger partial charge in [0, 0.05) is 18.7 Å². The summed E-state index contributed by atoms with van der Waals surface area (Å²) in [7, 11) is 0. The number of amides is 1. The molecular weight excluding hydrogens is 194 g/mol. The zero-order valence-corrected chi connectivity index (χ0v) is 8.25. The zero-order valence-electron chi connectivity index (χ0n) is 8.25. The third-order valence-electron chi connectivity index (χ3n) is 2.41. The van der Waals surface area contributed by atoms with E-state index in [1.54, 1.807) is 12.1 Å². The molecule has 0 aromatic carbocycles. The van der Waals surface area contributed by atoms with Crippen LogP contribution in [0.5, 0.6) is 0 Å². The van der Waals surface area contributed by atoms with Gasteiger partial charge in [-0.05, 0) is 19.0 Å². The zero-order chi connectivity index (χ0) is 10.7. The van der Waals surface area contributed by atoms with Crippen molar-refractivity contribution in [2.45, 2.75) is 12.5 Å². The molecule has 0 saturated carbocycles. The SMILES string of the molecule is O=C(N[C@@H]1CCNC1)c1cccc(=O)[nH]1. The number of pyridine rings is 1. The number of carbonyl (C=O) groups is 1. The Morgan fingerprint density at radius 3 is 3.00 bits per heavy atom. The molecule has 1 atom stereocenters. The van der Waals surface area contributed by atoms with Crippen molar-refractivity contribution in [3.05, 3.63) is 34.2 Å². The highest BCUT2D eigenvalue weighted by atomic mass is 16.2. The molecule has 0 unspecified atom stereocenters. The lowest BCUT2D eigenvalue weighted by atomic mass is 10.2. The summed E-state index contributed by atoms with van der Waals surface area (Å²) in [5.41, 5.74) is 0.0570. The topological polar surface area (TPSA) is 74.0 Å². The number of aromatic amines is 1. The number of carbonyl (C=O) groups excluding carboxylic acids is 1. The Labute approximate surface area is 86.9 Å². The summed E-state index contributed by atoms with van der Waals surface area (Å²) < 4.78 is 0. The van der Waals surface area contributed by atoms with E-state index in [9.17, 15) is 9.59 Å². The third kappa shape index (κ3) is 2.44. The van der Waals surface area contributed by atoms with Crippen LogP contribution in [0.1, 0.15) is 16.9 Å². The van der Waals surface area contributed by atoms with E-state index < -0.39 is 0 Å². The number of H-pyrrole nitrogens is 1. The van der Waals surface area contributed by atoms with E-state index in [2.05, 4.69) is 15.6 Å². The Morgan fingerprint density at radius 1 is 1.47 bits per heavy atom. The van der Waals surface area contributed by atoms with Crippen LogP contribution in [0.25, 0.3) is 0 Å². The fourth-order valence-corrected chi connectivity index (χ4v) is 1.62. The lowest BCUT2D eigenvalue weighted by Crippen LogP contribution is -2.37. The van der Waals surface area contributed by atoms with Crippen LogP contribution in [0.15, 0.2) is 23.0 Å². The lowest BCUT2D eigenvalue weighted by Gasteiger charge is -2.10. The number of hydrogen-bond acceptors (Lipinski definition) is 3. The van der Waals surface area contributed by atoms with Crippen molar-refractivity contribution in [1.29, 1.82) is 0 Å². The minimum absolute atomic E-state index is 0.168. The van der Waals surface area contributed by atoms with E-state index >= 15 is 0 Å². The van der Waals surface area contributed by atoms with Crippen LogP contribution in [0.3, 0.4) is 0 Å². The summed E-state index contributed by atoms with van der Waals surface area (Å²) in [6.07, 6.45) is 0.933. The van der Waals surface area contributed by atoms with E-state index in [1.807, 2.05) is 0 Å². The molecule has 0 spiro atoms. The normalized spacial score (nSPS) is 20.1.